The fraction of sp³-hybridized carbons (Fsp3) is 0.588. The molecule has 2 rings (SSSR count). The van der Waals surface area contributed by atoms with E-state index < -0.39 is 11.5 Å². The summed E-state index contributed by atoms with van der Waals surface area (Å²) in [5.74, 6) is 0.127. The standard InChI is InChI=1S/C17H25NO2S/c1-11(2)18-17(16(19)20,14-7-8-14)10-21-15-9-12(3)5-6-13(15)4/h5-6,9,11,14,18H,7-8,10H2,1-4H3,(H,19,20). The largest absolute Gasteiger partial charge is 0.480 e. The molecule has 1 atom stereocenters. The van der Waals surface area contributed by atoms with Crippen LogP contribution in [0.25, 0.3) is 0 Å². The van der Waals surface area contributed by atoms with Crippen molar-refractivity contribution in [3.8, 4) is 0 Å². The maximum absolute atomic E-state index is 11.9. The molecule has 1 saturated carbocycles. The number of hydrogen-bond donors (Lipinski definition) is 2. The van der Waals surface area contributed by atoms with Gasteiger partial charge in [0.15, 0.2) is 0 Å². The molecule has 3 nitrogen and oxygen atoms in total. The monoisotopic (exact) mass is 307 g/mol. The van der Waals surface area contributed by atoms with Gasteiger partial charge >= 0.3 is 5.97 Å². The van der Waals surface area contributed by atoms with Crippen LogP contribution in [0.15, 0.2) is 23.1 Å². The van der Waals surface area contributed by atoms with Gasteiger partial charge in [-0.1, -0.05) is 17.7 Å². The quantitative estimate of drug-likeness (QED) is 0.755. The molecular weight excluding hydrogens is 282 g/mol. The lowest BCUT2D eigenvalue weighted by molar-refractivity contribution is -0.145. The van der Waals surface area contributed by atoms with Crippen LogP contribution in [0, 0.1) is 19.8 Å². The number of rotatable bonds is 7. The summed E-state index contributed by atoms with van der Waals surface area (Å²) >= 11 is 1.66. The second-order valence-electron chi connectivity index (χ2n) is 6.41. The summed E-state index contributed by atoms with van der Waals surface area (Å²) in [5.41, 5.74) is 1.63. The number of carbonyl (C=O) groups is 1. The fourth-order valence-corrected chi connectivity index (χ4v) is 4.11. The predicted octanol–water partition coefficient (Wildman–Crippen LogP) is 3.63. The predicted molar refractivity (Wildman–Crippen MR) is 88.0 cm³/mol. The molecule has 0 amide bonds. The van der Waals surface area contributed by atoms with Crippen LogP contribution in [0.4, 0.5) is 0 Å². The van der Waals surface area contributed by atoms with Crippen molar-refractivity contribution in [2.24, 2.45) is 5.92 Å². The second-order valence-corrected chi connectivity index (χ2v) is 7.42. The van der Waals surface area contributed by atoms with Gasteiger partial charge in [-0.05, 0) is 58.1 Å². The third-order valence-electron chi connectivity index (χ3n) is 4.00. The van der Waals surface area contributed by atoms with Crippen LogP contribution in [0.1, 0.15) is 37.8 Å². The van der Waals surface area contributed by atoms with Crippen LogP contribution in [0.3, 0.4) is 0 Å². The first-order chi connectivity index (χ1) is 9.85. The average molecular weight is 307 g/mol. The average Bonchev–Trinajstić information content (AvgIpc) is 3.22. The fourth-order valence-electron chi connectivity index (χ4n) is 2.72. The zero-order valence-electron chi connectivity index (χ0n) is 13.3. The Bertz CT molecular complexity index is 526. The van der Waals surface area contributed by atoms with Gasteiger partial charge in [0.05, 0.1) is 0 Å². The minimum absolute atomic E-state index is 0.168. The highest BCUT2D eigenvalue weighted by molar-refractivity contribution is 7.99. The molecule has 1 aliphatic rings. The molecular formula is C17H25NO2S. The van der Waals surface area contributed by atoms with Crippen molar-refractivity contribution < 1.29 is 9.90 Å². The van der Waals surface area contributed by atoms with E-state index in [4.69, 9.17) is 0 Å². The second kappa shape index (κ2) is 6.41. The molecule has 0 bridgehead atoms. The maximum Gasteiger partial charge on any atom is 0.325 e. The Labute approximate surface area is 131 Å². The van der Waals surface area contributed by atoms with E-state index in [0.29, 0.717) is 5.75 Å². The Kier molecular flexibility index (Phi) is 4.99. The van der Waals surface area contributed by atoms with E-state index in [1.165, 1.54) is 16.0 Å². The summed E-state index contributed by atoms with van der Waals surface area (Å²) in [6, 6.07) is 6.51. The summed E-state index contributed by atoms with van der Waals surface area (Å²) in [4.78, 5) is 13.1. The molecule has 0 radical (unpaired) electrons. The zero-order valence-corrected chi connectivity index (χ0v) is 14.1. The van der Waals surface area contributed by atoms with Gasteiger partial charge in [-0.25, -0.2) is 0 Å². The van der Waals surface area contributed by atoms with E-state index in [-0.39, 0.29) is 12.0 Å². The van der Waals surface area contributed by atoms with Gasteiger partial charge < -0.3 is 5.11 Å². The lowest BCUT2D eigenvalue weighted by Crippen LogP contribution is -2.58. The lowest BCUT2D eigenvalue weighted by Gasteiger charge is -2.33. The van der Waals surface area contributed by atoms with Crippen molar-refractivity contribution in [3.63, 3.8) is 0 Å². The Balaban J connectivity index is 2.19. The lowest BCUT2D eigenvalue weighted by atomic mass is 9.94. The highest BCUT2D eigenvalue weighted by atomic mass is 32.2. The number of hydrogen-bond acceptors (Lipinski definition) is 3. The summed E-state index contributed by atoms with van der Waals surface area (Å²) in [6.07, 6.45) is 2.03. The van der Waals surface area contributed by atoms with Crippen molar-refractivity contribution in [1.29, 1.82) is 0 Å². The number of thioether (sulfide) groups is 1. The van der Waals surface area contributed by atoms with Crippen molar-refractivity contribution in [3.05, 3.63) is 29.3 Å². The van der Waals surface area contributed by atoms with E-state index in [1.54, 1.807) is 11.8 Å². The normalized spacial score (nSPS) is 17.8. The van der Waals surface area contributed by atoms with E-state index in [0.717, 1.165) is 12.8 Å². The third kappa shape index (κ3) is 3.80. The Morgan fingerprint density at radius 3 is 2.62 bits per heavy atom. The molecule has 1 unspecified atom stereocenters. The van der Waals surface area contributed by atoms with Crippen molar-refractivity contribution in [2.45, 2.75) is 57.0 Å². The maximum atomic E-state index is 11.9. The zero-order chi connectivity index (χ0) is 15.6. The molecule has 1 aromatic rings. The molecule has 0 saturated heterocycles. The molecule has 21 heavy (non-hydrogen) atoms. The molecule has 2 N–H and O–H groups in total. The first kappa shape index (κ1) is 16.4. The molecule has 1 aliphatic carbocycles. The molecule has 1 aromatic carbocycles. The van der Waals surface area contributed by atoms with Gasteiger partial charge in [0.1, 0.15) is 5.54 Å². The molecule has 0 aliphatic heterocycles. The van der Waals surface area contributed by atoms with E-state index in [1.807, 2.05) is 13.8 Å². The minimum Gasteiger partial charge on any atom is -0.480 e. The van der Waals surface area contributed by atoms with Crippen LogP contribution < -0.4 is 5.32 Å². The third-order valence-corrected chi connectivity index (χ3v) is 5.35. The highest BCUT2D eigenvalue weighted by Gasteiger charge is 2.51. The van der Waals surface area contributed by atoms with Gasteiger partial charge in [-0.3, -0.25) is 10.1 Å². The van der Waals surface area contributed by atoms with E-state index in [2.05, 4.69) is 37.4 Å². The minimum atomic E-state index is -0.797. The summed E-state index contributed by atoms with van der Waals surface area (Å²) in [7, 11) is 0. The van der Waals surface area contributed by atoms with Gasteiger partial charge in [-0.2, -0.15) is 0 Å². The van der Waals surface area contributed by atoms with Crippen LogP contribution in [0.2, 0.25) is 0 Å². The Hall–Kier alpha value is -1.00. The first-order valence-corrected chi connectivity index (χ1v) is 8.55. The van der Waals surface area contributed by atoms with E-state index in [9.17, 15) is 9.90 Å². The van der Waals surface area contributed by atoms with Crippen LogP contribution in [-0.2, 0) is 4.79 Å². The molecule has 0 spiro atoms. The van der Waals surface area contributed by atoms with Crippen molar-refractivity contribution in [2.75, 3.05) is 5.75 Å². The van der Waals surface area contributed by atoms with Crippen LogP contribution >= 0.6 is 11.8 Å². The van der Waals surface area contributed by atoms with Gasteiger partial charge in [0.2, 0.25) is 0 Å². The SMILES string of the molecule is Cc1ccc(C)c(SCC(NC(C)C)(C(=O)O)C2CC2)c1. The molecule has 116 valence electrons. The Morgan fingerprint density at radius 2 is 2.10 bits per heavy atom. The number of aliphatic carboxylic acids is 1. The summed E-state index contributed by atoms with van der Waals surface area (Å²) in [6.45, 7) is 8.18. The molecule has 1 fully saturated rings. The van der Waals surface area contributed by atoms with Gasteiger partial charge in [0.25, 0.3) is 0 Å². The number of aryl methyl sites for hydroxylation is 2. The van der Waals surface area contributed by atoms with Crippen LogP contribution in [-0.4, -0.2) is 28.4 Å². The topological polar surface area (TPSA) is 49.3 Å². The summed E-state index contributed by atoms with van der Waals surface area (Å²) in [5, 5.41) is 13.1. The molecule has 4 heteroatoms. The van der Waals surface area contributed by atoms with Gasteiger partial charge in [0, 0.05) is 16.7 Å². The molecule has 0 heterocycles. The van der Waals surface area contributed by atoms with E-state index >= 15 is 0 Å². The number of benzene rings is 1. The number of carboxylic acid groups (broad SMARTS) is 1. The Morgan fingerprint density at radius 1 is 1.43 bits per heavy atom. The van der Waals surface area contributed by atoms with Crippen LogP contribution in [0.5, 0.6) is 0 Å². The highest BCUT2D eigenvalue weighted by Crippen LogP contribution is 2.43. The number of nitrogens with one attached hydrogen (secondary N) is 1. The smallest absolute Gasteiger partial charge is 0.325 e. The van der Waals surface area contributed by atoms with Crippen molar-refractivity contribution in [1.82, 2.24) is 5.32 Å². The first-order valence-electron chi connectivity index (χ1n) is 7.56. The summed E-state index contributed by atoms with van der Waals surface area (Å²) < 4.78 is 0. The number of carboxylic acids is 1. The molecule has 0 aromatic heterocycles. The van der Waals surface area contributed by atoms with Crippen molar-refractivity contribution >= 4 is 17.7 Å². The van der Waals surface area contributed by atoms with Gasteiger partial charge in [-0.15, -0.1) is 11.8 Å².